The van der Waals surface area contributed by atoms with Crippen molar-refractivity contribution in [2.75, 3.05) is 11.9 Å². The summed E-state index contributed by atoms with van der Waals surface area (Å²) < 4.78 is 6.91. The highest BCUT2D eigenvalue weighted by atomic mass is 32.1. The average Bonchev–Trinajstić information content (AvgIpc) is 2.96. The maximum absolute atomic E-state index is 5.75. The summed E-state index contributed by atoms with van der Waals surface area (Å²) in [5, 5.41) is 4.34. The van der Waals surface area contributed by atoms with Crippen LogP contribution in [-0.2, 0) is 6.54 Å². The van der Waals surface area contributed by atoms with Gasteiger partial charge in [-0.05, 0) is 30.2 Å². The van der Waals surface area contributed by atoms with Crippen molar-refractivity contribution in [2.45, 2.75) is 26.3 Å². The lowest BCUT2D eigenvalue weighted by atomic mass is 10.2. The van der Waals surface area contributed by atoms with Gasteiger partial charge >= 0.3 is 0 Å². The van der Waals surface area contributed by atoms with Crippen LogP contribution in [0, 0.1) is 0 Å². The molecule has 0 amide bonds. The van der Waals surface area contributed by atoms with E-state index in [-0.39, 0.29) is 0 Å². The minimum Gasteiger partial charge on any atom is -0.494 e. The first-order valence-electron chi connectivity index (χ1n) is 7.66. The standard InChI is InChI=1S/C18H20N2OS/c1-2-3-11-21-15-9-10-16-17(12-15)22-18(20-16)19-13-14-7-5-4-6-8-14/h4-10,12H,2-3,11,13H2,1H3,(H,19,20). The highest BCUT2D eigenvalue weighted by molar-refractivity contribution is 7.22. The molecule has 0 saturated carbocycles. The Kier molecular flexibility index (Phi) is 4.91. The first-order chi connectivity index (χ1) is 10.8. The van der Waals surface area contributed by atoms with Crippen molar-refractivity contribution in [1.29, 1.82) is 0 Å². The molecule has 22 heavy (non-hydrogen) atoms. The highest BCUT2D eigenvalue weighted by Gasteiger charge is 2.05. The van der Waals surface area contributed by atoms with Crippen molar-refractivity contribution >= 4 is 26.7 Å². The summed E-state index contributed by atoms with van der Waals surface area (Å²) in [6.45, 7) is 3.74. The molecule has 0 atom stereocenters. The van der Waals surface area contributed by atoms with Gasteiger partial charge in [0.05, 0.1) is 16.8 Å². The summed E-state index contributed by atoms with van der Waals surface area (Å²) in [5.74, 6) is 0.930. The predicted molar refractivity (Wildman–Crippen MR) is 93.8 cm³/mol. The summed E-state index contributed by atoms with van der Waals surface area (Å²) in [5.41, 5.74) is 2.27. The molecule has 0 bridgehead atoms. The second-order valence-electron chi connectivity index (χ2n) is 5.19. The number of benzene rings is 2. The molecule has 2 aromatic carbocycles. The Labute approximate surface area is 135 Å². The zero-order valence-corrected chi connectivity index (χ0v) is 13.5. The zero-order chi connectivity index (χ0) is 15.2. The zero-order valence-electron chi connectivity index (χ0n) is 12.7. The van der Waals surface area contributed by atoms with Crippen LogP contribution >= 0.6 is 11.3 Å². The average molecular weight is 312 g/mol. The Balaban J connectivity index is 1.67. The Morgan fingerprint density at radius 2 is 2.00 bits per heavy atom. The number of ether oxygens (including phenoxy) is 1. The van der Waals surface area contributed by atoms with Gasteiger partial charge in [-0.2, -0.15) is 0 Å². The molecule has 1 aromatic heterocycles. The maximum Gasteiger partial charge on any atom is 0.184 e. The number of hydrogen-bond acceptors (Lipinski definition) is 4. The first-order valence-corrected chi connectivity index (χ1v) is 8.48. The van der Waals surface area contributed by atoms with Crippen LogP contribution in [0.25, 0.3) is 10.2 Å². The second kappa shape index (κ2) is 7.27. The molecule has 1 N–H and O–H groups in total. The summed E-state index contributed by atoms with van der Waals surface area (Å²) in [4.78, 5) is 4.62. The Hall–Kier alpha value is -2.07. The van der Waals surface area contributed by atoms with Crippen molar-refractivity contribution in [3.05, 3.63) is 54.1 Å². The third kappa shape index (κ3) is 3.77. The van der Waals surface area contributed by atoms with Crippen molar-refractivity contribution in [1.82, 2.24) is 4.98 Å². The van der Waals surface area contributed by atoms with E-state index in [2.05, 4.69) is 47.6 Å². The molecule has 0 aliphatic carbocycles. The van der Waals surface area contributed by atoms with Gasteiger partial charge in [-0.25, -0.2) is 4.98 Å². The maximum atomic E-state index is 5.75. The summed E-state index contributed by atoms with van der Waals surface area (Å²) >= 11 is 1.67. The molecule has 114 valence electrons. The van der Waals surface area contributed by atoms with Gasteiger partial charge in [-0.1, -0.05) is 55.0 Å². The molecule has 3 nitrogen and oxygen atoms in total. The second-order valence-corrected chi connectivity index (χ2v) is 6.22. The van der Waals surface area contributed by atoms with Crippen LogP contribution in [0.15, 0.2) is 48.5 Å². The lowest BCUT2D eigenvalue weighted by Gasteiger charge is -2.04. The normalized spacial score (nSPS) is 10.8. The molecule has 1 heterocycles. The minimum absolute atomic E-state index is 0.778. The Bertz CT molecular complexity index is 724. The number of rotatable bonds is 7. The van der Waals surface area contributed by atoms with Crippen molar-refractivity contribution in [2.24, 2.45) is 0 Å². The van der Waals surface area contributed by atoms with Gasteiger partial charge in [0, 0.05) is 6.54 Å². The molecule has 0 aliphatic rings. The fraction of sp³-hybridized carbons (Fsp3) is 0.278. The molecule has 3 aromatic rings. The van der Waals surface area contributed by atoms with Gasteiger partial charge in [0.25, 0.3) is 0 Å². The number of nitrogens with zero attached hydrogens (tertiary/aromatic N) is 1. The number of nitrogens with one attached hydrogen (secondary N) is 1. The molecule has 0 saturated heterocycles. The number of thiazole rings is 1. The van der Waals surface area contributed by atoms with Crippen LogP contribution in [-0.4, -0.2) is 11.6 Å². The topological polar surface area (TPSA) is 34.1 Å². The van der Waals surface area contributed by atoms with E-state index in [1.165, 1.54) is 5.56 Å². The molecule has 4 heteroatoms. The summed E-state index contributed by atoms with van der Waals surface area (Å²) in [7, 11) is 0. The third-order valence-corrected chi connectivity index (χ3v) is 4.39. The van der Waals surface area contributed by atoms with Crippen LogP contribution in [0.2, 0.25) is 0 Å². The van der Waals surface area contributed by atoms with E-state index in [0.717, 1.165) is 47.1 Å². The summed E-state index contributed by atoms with van der Waals surface area (Å²) in [6, 6.07) is 16.5. The fourth-order valence-corrected chi connectivity index (χ4v) is 3.07. The van der Waals surface area contributed by atoms with E-state index >= 15 is 0 Å². The van der Waals surface area contributed by atoms with E-state index in [0.29, 0.717) is 0 Å². The van der Waals surface area contributed by atoms with Crippen LogP contribution < -0.4 is 10.1 Å². The van der Waals surface area contributed by atoms with Gasteiger partial charge in [-0.15, -0.1) is 0 Å². The quantitative estimate of drug-likeness (QED) is 0.617. The molecular formula is C18H20N2OS. The molecule has 0 spiro atoms. The van der Waals surface area contributed by atoms with Crippen molar-refractivity contribution < 1.29 is 4.74 Å². The van der Waals surface area contributed by atoms with E-state index in [1.54, 1.807) is 11.3 Å². The number of unbranched alkanes of at least 4 members (excludes halogenated alkanes) is 1. The molecule has 0 unspecified atom stereocenters. The van der Waals surface area contributed by atoms with E-state index in [9.17, 15) is 0 Å². The van der Waals surface area contributed by atoms with Crippen molar-refractivity contribution in [3.8, 4) is 5.75 Å². The van der Waals surface area contributed by atoms with Crippen LogP contribution in [0.5, 0.6) is 5.75 Å². The smallest absolute Gasteiger partial charge is 0.184 e. The van der Waals surface area contributed by atoms with E-state index < -0.39 is 0 Å². The van der Waals surface area contributed by atoms with Crippen LogP contribution in [0.1, 0.15) is 25.3 Å². The molecule has 3 rings (SSSR count). The number of hydrogen-bond donors (Lipinski definition) is 1. The Morgan fingerprint density at radius 1 is 1.14 bits per heavy atom. The third-order valence-electron chi connectivity index (χ3n) is 3.41. The highest BCUT2D eigenvalue weighted by Crippen LogP contribution is 2.29. The monoisotopic (exact) mass is 312 g/mol. The lowest BCUT2D eigenvalue weighted by molar-refractivity contribution is 0.310. The number of anilines is 1. The predicted octanol–water partition coefficient (Wildman–Crippen LogP) is 5.09. The van der Waals surface area contributed by atoms with Gasteiger partial charge in [0.2, 0.25) is 0 Å². The van der Waals surface area contributed by atoms with Crippen molar-refractivity contribution in [3.63, 3.8) is 0 Å². The first kappa shape index (κ1) is 14.9. The SMILES string of the molecule is CCCCOc1ccc2nc(NCc3ccccc3)sc2c1. The van der Waals surface area contributed by atoms with E-state index in [4.69, 9.17) is 4.74 Å². The largest absolute Gasteiger partial charge is 0.494 e. The lowest BCUT2D eigenvalue weighted by Crippen LogP contribution is -1.97. The van der Waals surface area contributed by atoms with Crippen LogP contribution in [0.4, 0.5) is 5.13 Å². The molecule has 0 fully saturated rings. The molecule has 0 aliphatic heterocycles. The Morgan fingerprint density at radius 3 is 2.82 bits per heavy atom. The summed E-state index contributed by atoms with van der Waals surface area (Å²) in [6.07, 6.45) is 2.24. The van der Waals surface area contributed by atoms with Gasteiger partial charge < -0.3 is 10.1 Å². The molecular weight excluding hydrogens is 292 g/mol. The van der Waals surface area contributed by atoms with Crippen LogP contribution in [0.3, 0.4) is 0 Å². The fourth-order valence-electron chi connectivity index (χ4n) is 2.18. The number of fused-ring (bicyclic) bond motifs is 1. The minimum atomic E-state index is 0.778. The van der Waals surface area contributed by atoms with E-state index in [1.807, 2.05) is 18.2 Å². The van der Waals surface area contributed by atoms with Gasteiger partial charge in [-0.3, -0.25) is 0 Å². The molecule has 0 radical (unpaired) electrons. The number of aromatic nitrogens is 1. The van der Waals surface area contributed by atoms with Gasteiger partial charge in [0.1, 0.15) is 5.75 Å². The van der Waals surface area contributed by atoms with Gasteiger partial charge in [0.15, 0.2) is 5.13 Å².